The monoisotopic (exact) mass is 443 g/mol. The summed E-state index contributed by atoms with van der Waals surface area (Å²) in [4.78, 5) is 20.0. The molecule has 7 nitrogen and oxygen atoms in total. The highest BCUT2D eigenvalue weighted by atomic mass is 19.4. The van der Waals surface area contributed by atoms with E-state index in [0.717, 1.165) is 17.3 Å². The van der Waals surface area contributed by atoms with E-state index in [1.807, 2.05) is 29.2 Å². The Bertz CT molecular complexity index is 1050. The number of anilines is 1. The number of rotatable bonds is 5. The number of alkyl halides is 3. The zero-order chi connectivity index (χ0) is 22.6. The quantitative estimate of drug-likeness (QED) is 0.603. The van der Waals surface area contributed by atoms with Gasteiger partial charge >= 0.3 is 6.18 Å². The molecular weight excluding hydrogens is 423 g/mol. The Morgan fingerprint density at radius 3 is 2.31 bits per heavy atom. The molecule has 1 aliphatic rings. The van der Waals surface area contributed by atoms with Gasteiger partial charge in [-0.1, -0.05) is 12.1 Å². The lowest BCUT2D eigenvalue weighted by molar-refractivity contribution is -0.141. The van der Waals surface area contributed by atoms with E-state index in [2.05, 4.69) is 15.2 Å². The summed E-state index contributed by atoms with van der Waals surface area (Å²) in [7, 11) is 0. The van der Waals surface area contributed by atoms with E-state index >= 15 is 0 Å². The van der Waals surface area contributed by atoms with Crippen LogP contribution in [0.4, 0.5) is 19.0 Å². The summed E-state index contributed by atoms with van der Waals surface area (Å²) in [6.45, 7) is 1.45. The van der Waals surface area contributed by atoms with Crippen LogP contribution in [-0.2, 0) is 11.0 Å². The van der Waals surface area contributed by atoms with E-state index in [0.29, 0.717) is 32.0 Å². The molecular formula is C22H20F3N5O2. The van der Waals surface area contributed by atoms with Crippen molar-refractivity contribution in [1.82, 2.24) is 20.1 Å². The third-order valence-corrected chi connectivity index (χ3v) is 5.13. The van der Waals surface area contributed by atoms with Crippen molar-refractivity contribution in [2.24, 2.45) is 0 Å². The number of amides is 1. The molecule has 0 saturated carbocycles. The Morgan fingerprint density at radius 1 is 0.938 bits per heavy atom. The normalized spacial score (nSPS) is 14.3. The number of para-hydroxylation sites is 1. The second kappa shape index (κ2) is 9.21. The van der Waals surface area contributed by atoms with Gasteiger partial charge in [0.1, 0.15) is 5.75 Å². The molecule has 1 fully saturated rings. The molecule has 166 valence electrons. The Morgan fingerprint density at radius 2 is 1.66 bits per heavy atom. The third-order valence-electron chi connectivity index (χ3n) is 5.13. The van der Waals surface area contributed by atoms with Gasteiger partial charge in [0.15, 0.2) is 12.4 Å². The molecule has 0 unspecified atom stereocenters. The van der Waals surface area contributed by atoms with Crippen LogP contribution in [0.2, 0.25) is 0 Å². The molecule has 0 aliphatic carbocycles. The molecule has 1 aromatic carbocycles. The SMILES string of the molecule is O=C(COc1ccccc1C(F)(F)F)N1CCN(c2ccc(-c3ccncc3)nn2)CC1. The molecule has 0 atom stereocenters. The fraction of sp³-hybridized carbons (Fsp3) is 0.273. The van der Waals surface area contributed by atoms with E-state index in [4.69, 9.17) is 4.74 Å². The summed E-state index contributed by atoms with van der Waals surface area (Å²) in [5.41, 5.74) is 0.759. The highest BCUT2D eigenvalue weighted by molar-refractivity contribution is 5.78. The van der Waals surface area contributed by atoms with Crippen LogP contribution in [0.25, 0.3) is 11.3 Å². The topological polar surface area (TPSA) is 71.5 Å². The van der Waals surface area contributed by atoms with Gasteiger partial charge < -0.3 is 14.5 Å². The molecule has 1 saturated heterocycles. The maximum absolute atomic E-state index is 13.1. The molecule has 0 N–H and O–H groups in total. The molecule has 3 aromatic rings. The molecule has 1 aliphatic heterocycles. The van der Waals surface area contributed by atoms with Crippen LogP contribution >= 0.6 is 0 Å². The molecule has 1 amide bonds. The Kier molecular flexibility index (Phi) is 6.20. The van der Waals surface area contributed by atoms with E-state index in [9.17, 15) is 18.0 Å². The van der Waals surface area contributed by atoms with Gasteiger partial charge in [-0.3, -0.25) is 9.78 Å². The largest absolute Gasteiger partial charge is 0.483 e. The maximum atomic E-state index is 13.1. The number of aromatic nitrogens is 3. The van der Waals surface area contributed by atoms with Gasteiger partial charge in [0.2, 0.25) is 0 Å². The lowest BCUT2D eigenvalue weighted by Crippen LogP contribution is -2.50. The van der Waals surface area contributed by atoms with E-state index in [-0.39, 0.29) is 11.7 Å². The lowest BCUT2D eigenvalue weighted by Gasteiger charge is -2.35. The Labute approximate surface area is 182 Å². The van der Waals surface area contributed by atoms with Gasteiger partial charge in [-0.05, 0) is 36.4 Å². The number of carbonyl (C=O) groups excluding carboxylic acids is 1. The molecule has 10 heteroatoms. The molecule has 32 heavy (non-hydrogen) atoms. The van der Waals surface area contributed by atoms with Gasteiger partial charge in [0, 0.05) is 44.1 Å². The molecule has 0 bridgehead atoms. The van der Waals surface area contributed by atoms with Crippen molar-refractivity contribution in [2.75, 3.05) is 37.7 Å². The van der Waals surface area contributed by atoms with Crippen molar-refractivity contribution >= 4 is 11.7 Å². The first-order valence-electron chi connectivity index (χ1n) is 9.98. The smallest absolute Gasteiger partial charge is 0.419 e. The number of nitrogens with zero attached hydrogens (tertiary/aromatic N) is 5. The predicted molar refractivity (Wildman–Crippen MR) is 111 cm³/mol. The highest BCUT2D eigenvalue weighted by Gasteiger charge is 2.34. The van der Waals surface area contributed by atoms with Crippen LogP contribution in [-0.4, -0.2) is 58.8 Å². The summed E-state index contributed by atoms with van der Waals surface area (Å²) in [5, 5.41) is 8.54. The molecule has 2 aromatic heterocycles. The Hall–Kier alpha value is -3.69. The molecule has 0 spiro atoms. The van der Waals surface area contributed by atoms with Crippen LogP contribution in [0.1, 0.15) is 5.56 Å². The summed E-state index contributed by atoms with van der Waals surface area (Å²) in [6.07, 6.45) is -1.17. The lowest BCUT2D eigenvalue weighted by atomic mass is 10.2. The zero-order valence-corrected chi connectivity index (χ0v) is 17.0. The van der Waals surface area contributed by atoms with Crippen molar-refractivity contribution in [2.45, 2.75) is 6.18 Å². The zero-order valence-electron chi connectivity index (χ0n) is 17.0. The fourth-order valence-electron chi connectivity index (χ4n) is 3.41. The summed E-state index contributed by atoms with van der Waals surface area (Å²) in [6, 6.07) is 12.3. The maximum Gasteiger partial charge on any atom is 0.419 e. The van der Waals surface area contributed by atoms with Crippen molar-refractivity contribution in [1.29, 1.82) is 0 Å². The van der Waals surface area contributed by atoms with Gasteiger partial charge in [-0.15, -0.1) is 10.2 Å². The summed E-state index contributed by atoms with van der Waals surface area (Å²) < 4.78 is 44.4. The van der Waals surface area contributed by atoms with Gasteiger partial charge in [-0.2, -0.15) is 13.2 Å². The minimum Gasteiger partial charge on any atom is -0.483 e. The van der Waals surface area contributed by atoms with Crippen molar-refractivity contribution in [3.8, 4) is 17.0 Å². The second-order valence-electron chi connectivity index (χ2n) is 7.16. The predicted octanol–water partition coefficient (Wildman–Crippen LogP) is 3.29. The van der Waals surface area contributed by atoms with E-state index in [1.54, 1.807) is 17.3 Å². The Balaban J connectivity index is 1.31. The van der Waals surface area contributed by atoms with E-state index in [1.165, 1.54) is 18.2 Å². The van der Waals surface area contributed by atoms with Gasteiger partial charge in [0.05, 0.1) is 11.3 Å². The third kappa shape index (κ3) is 4.96. The van der Waals surface area contributed by atoms with Crippen molar-refractivity contribution in [3.63, 3.8) is 0 Å². The van der Waals surface area contributed by atoms with Crippen LogP contribution in [0.5, 0.6) is 5.75 Å². The first-order chi connectivity index (χ1) is 15.4. The van der Waals surface area contributed by atoms with Crippen LogP contribution in [0, 0.1) is 0 Å². The standard InChI is InChI=1S/C22H20F3N5O2/c23-22(24,25)17-3-1-2-4-19(17)32-15-21(31)30-13-11-29(12-14-30)20-6-5-18(27-28-20)16-7-9-26-10-8-16/h1-10H,11-15H2. The van der Waals surface area contributed by atoms with Crippen LogP contribution in [0.15, 0.2) is 60.9 Å². The first kappa shape index (κ1) is 21.5. The second-order valence-corrected chi connectivity index (χ2v) is 7.16. The molecule has 3 heterocycles. The van der Waals surface area contributed by atoms with Crippen LogP contribution in [0.3, 0.4) is 0 Å². The summed E-state index contributed by atoms with van der Waals surface area (Å²) >= 11 is 0. The average Bonchev–Trinajstić information content (AvgIpc) is 2.83. The van der Waals surface area contributed by atoms with Crippen LogP contribution < -0.4 is 9.64 Å². The number of hydrogen-bond acceptors (Lipinski definition) is 6. The summed E-state index contributed by atoms with van der Waals surface area (Å²) in [5.74, 6) is -0.0115. The van der Waals surface area contributed by atoms with Crippen molar-refractivity contribution < 1.29 is 22.7 Å². The van der Waals surface area contributed by atoms with Gasteiger partial charge in [-0.25, -0.2) is 0 Å². The van der Waals surface area contributed by atoms with E-state index < -0.39 is 18.3 Å². The van der Waals surface area contributed by atoms with Crippen molar-refractivity contribution in [3.05, 3.63) is 66.5 Å². The number of halogens is 3. The minimum atomic E-state index is -4.54. The highest BCUT2D eigenvalue weighted by Crippen LogP contribution is 2.35. The average molecular weight is 443 g/mol. The number of benzene rings is 1. The number of carbonyl (C=O) groups is 1. The number of hydrogen-bond donors (Lipinski definition) is 0. The molecule has 4 rings (SSSR count). The first-order valence-corrected chi connectivity index (χ1v) is 9.98. The fourth-order valence-corrected chi connectivity index (χ4v) is 3.41. The number of ether oxygens (including phenoxy) is 1. The minimum absolute atomic E-state index is 0.350. The van der Waals surface area contributed by atoms with Gasteiger partial charge in [0.25, 0.3) is 5.91 Å². The molecule has 0 radical (unpaired) electrons. The number of piperazine rings is 1. The number of pyridine rings is 1.